The minimum atomic E-state index is -0.428. The number of hydrogen-bond acceptors (Lipinski definition) is 3. The van der Waals surface area contributed by atoms with E-state index in [0.29, 0.717) is 11.7 Å². The molecule has 0 bridgehead atoms. The van der Waals surface area contributed by atoms with Gasteiger partial charge in [-0.05, 0) is 35.8 Å². The number of carbonyl (C=O) groups is 1. The molecule has 0 aliphatic heterocycles. The minimum Gasteiger partial charge on any atom is -0.484 e. The van der Waals surface area contributed by atoms with Crippen molar-refractivity contribution in [2.24, 2.45) is 4.99 Å². The molecule has 0 heterocycles. The Morgan fingerprint density at radius 1 is 1.44 bits per heavy atom. The van der Waals surface area contributed by atoms with E-state index in [4.69, 9.17) is 4.74 Å². The average molecular weight is 235 g/mol. The highest BCUT2D eigenvalue weighted by molar-refractivity contribution is 7.78. The number of ether oxygens (including phenoxy) is 1. The molecule has 0 aliphatic rings. The number of nitrogens with zero attached hydrogens (tertiary/aromatic N) is 1. The van der Waals surface area contributed by atoms with Gasteiger partial charge in [0, 0.05) is 0 Å². The second kappa shape index (κ2) is 6.16. The molecule has 3 nitrogen and oxygen atoms in total. The fourth-order valence-electron chi connectivity index (χ4n) is 1.18. The maximum absolute atomic E-state index is 11.0. The lowest BCUT2D eigenvalue weighted by Gasteiger charge is -2.07. The van der Waals surface area contributed by atoms with Crippen molar-refractivity contribution >= 4 is 23.3 Å². The lowest BCUT2D eigenvalue weighted by molar-refractivity contribution is -0.119. The fourth-order valence-corrected chi connectivity index (χ4v) is 1.28. The van der Waals surface area contributed by atoms with Crippen molar-refractivity contribution < 1.29 is 9.53 Å². The summed E-state index contributed by atoms with van der Waals surface area (Å²) >= 11 is 4.31. The van der Waals surface area contributed by atoms with Crippen LogP contribution in [0.15, 0.2) is 29.3 Å². The molecule has 84 valence electrons. The molecule has 0 atom stereocenters. The standard InChI is InChI=1S/C12H13NO2S/c1-9(2)10-3-5-11(6-4-10)15-7-12(14)13-8-16/h3-6,9H,7H2,1-2H3. The van der Waals surface area contributed by atoms with Crippen LogP contribution < -0.4 is 4.74 Å². The molecule has 4 heteroatoms. The van der Waals surface area contributed by atoms with E-state index in [2.05, 4.69) is 31.1 Å². The molecule has 0 saturated heterocycles. The maximum Gasteiger partial charge on any atom is 0.292 e. The zero-order valence-corrected chi connectivity index (χ0v) is 10.1. The van der Waals surface area contributed by atoms with Gasteiger partial charge < -0.3 is 4.74 Å². The molecule has 0 spiro atoms. The predicted molar refractivity (Wildman–Crippen MR) is 66.1 cm³/mol. The van der Waals surface area contributed by atoms with E-state index in [0.717, 1.165) is 0 Å². The second-order valence-corrected chi connectivity index (χ2v) is 3.79. The van der Waals surface area contributed by atoms with E-state index in [1.54, 1.807) is 0 Å². The minimum absolute atomic E-state index is 0.106. The molecule has 1 rings (SSSR count). The highest BCUT2D eigenvalue weighted by Gasteiger charge is 2.02. The van der Waals surface area contributed by atoms with E-state index >= 15 is 0 Å². The van der Waals surface area contributed by atoms with Gasteiger partial charge in [-0.1, -0.05) is 26.0 Å². The van der Waals surface area contributed by atoms with Crippen LogP contribution in [0.1, 0.15) is 25.3 Å². The maximum atomic E-state index is 11.0. The van der Waals surface area contributed by atoms with Gasteiger partial charge in [0.05, 0.1) is 5.16 Å². The SMILES string of the molecule is CC(C)c1ccc(OCC(=O)N=C=S)cc1. The third-order valence-electron chi connectivity index (χ3n) is 2.08. The van der Waals surface area contributed by atoms with Crippen molar-refractivity contribution in [2.45, 2.75) is 19.8 Å². The molecule has 1 aromatic carbocycles. The molecule has 16 heavy (non-hydrogen) atoms. The molecule has 1 aromatic rings. The summed E-state index contributed by atoms with van der Waals surface area (Å²) in [4.78, 5) is 14.3. The van der Waals surface area contributed by atoms with Crippen molar-refractivity contribution in [3.05, 3.63) is 29.8 Å². The molecule has 0 aromatic heterocycles. The van der Waals surface area contributed by atoms with Crippen LogP contribution in [0, 0.1) is 0 Å². The molecule has 0 unspecified atom stereocenters. The van der Waals surface area contributed by atoms with E-state index in [9.17, 15) is 4.79 Å². The Morgan fingerprint density at radius 3 is 2.56 bits per heavy atom. The normalized spacial score (nSPS) is 9.69. The van der Waals surface area contributed by atoms with Crippen LogP contribution in [-0.4, -0.2) is 17.7 Å². The lowest BCUT2D eigenvalue weighted by atomic mass is 10.0. The zero-order chi connectivity index (χ0) is 12.0. The molecule has 1 amide bonds. The van der Waals surface area contributed by atoms with Gasteiger partial charge in [0.1, 0.15) is 5.75 Å². The molecule has 0 N–H and O–H groups in total. The van der Waals surface area contributed by atoms with Gasteiger partial charge in [-0.25, -0.2) is 0 Å². The molecule has 0 fully saturated rings. The largest absolute Gasteiger partial charge is 0.484 e. The lowest BCUT2D eigenvalue weighted by Crippen LogP contribution is -2.08. The predicted octanol–water partition coefficient (Wildman–Crippen LogP) is 2.82. The highest BCUT2D eigenvalue weighted by atomic mass is 32.1. The summed E-state index contributed by atoms with van der Waals surface area (Å²) in [5, 5.41) is 2.01. The monoisotopic (exact) mass is 235 g/mol. The van der Waals surface area contributed by atoms with Gasteiger partial charge in [0.2, 0.25) is 0 Å². The number of amides is 1. The average Bonchev–Trinajstić information content (AvgIpc) is 2.27. The van der Waals surface area contributed by atoms with Gasteiger partial charge in [-0.3, -0.25) is 4.79 Å². The number of aliphatic imine (C=N–C) groups is 1. The van der Waals surface area contributed by atoms with Crippen LogP contribution in [0.2, 0.25) is 0 Å². The Balaban J connectivity index is 2.55. The number of rotatable bonds is 4. The third-order valence-corrected chi connectivity index (χ3v) is 2.17. The van der Waals surface area contributed by atoms with Crippen LogP contribution in [0.4, 0.5) is 0 Å². The first kappa shape index (κ1) is 12.6. The first-order valence-corrected chi connectivity index (χ1v) is 5.37. The fraction of sp³-hybridized carbons (Fsp3) is 0.333. The Morgan fingerprint density at radius 2 is 2.06 bits per heavy atom. The zero-order valence-electron chi connectivity index (χ0n) is 9.27. The van der Waals surface area contributed by atoms with E-state index in [-0.39, 0.29) is 6.61 Å². The first-order chi connectivity index (χ1) is 7.63. The van der Waals surface area contributed by atoms with Crippen LogP contribution in [0.25, 0.3) is 0 Å². The van der Waals surface area contributed by atoms with E-state index in [1.165, 1.54) is 5.56 Å². The summed E-state index contributed by atoms with van der Waals surface area (Å²) in [7, 11) is 0. The summed E-state index contributed by atoms with van der Waals surface area (Å²) < 4.78 is 5.23. The number of carbonyl (C=O) groups excluding carboxylic acids is 1. The van der Waals surface area contributed by atoms with Gasteiger partial charge in [-0.2, -0.15) is 4.99 Å². The second-order valence-electron chi connectivity index (χ2n) is 3.61. The summed E-state index contributed by atoms with van der Waals surface area (Å²) in [6, 6.07) is 7.63. The molecular formula is C12H13NO2S. The van der Waals surface area contributed by atoms with Crippen molar-refractivity contribution in [3.63, 3.8) is 0 Å². The van der Waals surface area contributed by atoms with Gasteiger partial charge in [0.15, 0.2) is 6.61 Å². The van der Waals surface area contributed by atoms with E-state index < -0.39 is 5.91 Å². The Hall–Kier alpha value is -1.51. The molecule has 0 aliphatic carbocycles. The van der Waals surface area contributed by atoms with Crippen molar-refractivity contribution in [1.29, 1.82) is 0 Å². The summed E-state index contributed by atoms with van der Waals surface area (Å²) in [5.74, 6) is 0.704. The molecule has 0 saturated carbocycles. The first-order valence-electron chi connectivity index (χ1n) is 4.97. The van der Waals surface area contributed by atoms with Crippen molar-refractivity contribution in [2.75, 3.05) is 6.61 Å². The van der Waals surface area contributed by atoms with E-state index in [1.807, 2.05) is 29.4 Å². The third kappa shape index (κ3) is 3.93. The highest BCUT2D eigenvalue weighted by Crippen LogP contribution is 2.18. The van der Waals surface area contributed by atoms with Gasteiger partial charge in [0.25, 0.3) is 5.91 Å². The Bertz CT molecular complexity index is 406. The van der Waals surface area contributed by atoms with Gasteiger partial charge in [-0.15, -0.1) is 0 Å². The smallest absolute Gasteiger partial charge is 0.292 e. The number of benzene rings is 1. The quantitative estimate of drug-likeness (QED) is 0.595. The van der Waals surface area contributed by atoms with Crippen LogP contribution >= 0.6 is 12.2 Å². The number of hydrogen-bond donors (Lipinski definition) is 0. The van der Waals surface area contributed by atoms with Gasteiger partial charge >= 0.3 is 0 Å². The molecular weight excluding hydrogens is 222 g/mol. The van der Waals surface area contributed by atoms with Crippen molar-refractivity contribution in [3.8, 4) is 5.75 Å². The van der Waals surface area contributed by atoms with Crippen LogP contribution in [0.3, 0.4) is 0 Å². The van der Waals surface area contributed by atoms with Crippen molar-refractivity contribution in [1.82, 2.24) is 0 Å². The summed E-state index contributed by atoms with van der Waals surface area (Å²) in [5.41, 5.74) is 1.23. The summed E-state index contributed by atoms with van der Waals surface area (Å²) in [6.45, 7) is 4.13. The van der Waals surface area contributed by atoms with Crippen LogP contribution in [0.5, 0.6) is 5.75 Å². The Kier molecular flexibility index (Phi) is 4.83. The summed E-state index contributed by atoms with van der Waals surface area (Å²) in [6.07, 6.45) is 0. The number of isothiocyanates is 1. The topological polar surface area (TPSA) is 38.7 Å². The Labute approximate surface area is 100 Å². The molecule has 0 radical (unpaired) electrons. The van der Waals surface area contributed by atoms with Crippen LogP contribution in [-0.2, 0) is 4.79 Å². The number of thiocarbonyl (C=S) groups is 1.